The molecular formula is C14H21N3O2. The zero-order chi connectivity index (χ0) is 13.8. The molecule has 0 radical (unpaired) electrons. The number of nitrogens with zero attached hydrogens (tertiary/aromatic N) is 1. The summed E-state index contributed by atoms with van der Waals surface area (Å²) in [4.78, 5) is 13.5. The van der Waals surface area contributed by atoms with Crippen LogP contribution >= 0.6 is 0 Å². The van der Waals surface area contributed by atoms with Gasteiger partial charge in [0.05, 0.1) is 5.69 Å². The molecule has 1 aliphatic heterocycles. The van der Waals surface area contributed by atoms with Crippen molar-refractivity contribution >= 4 is 11.6 Å². The number of fused-ring (bicyclic) bond motifs is 1. The highest BCUT2D eigenvalue weighted by Gasteiger charge is 2.16. The van der Waals surface area contributed by atoms with E-state index < -0.39 is 0 Å². The van der Waals surface area contributed by atoms with Crippen LogP contribution in [0.15, 0.2) is 18.2 Å². The van der Waals surface area contributed by atoms with Crippen molar-refractivity contribution in [2.45, 2.75) is 25.9 Å². The fraction of sp³-hybridized carbons (Fsp3) is 0.500. The summed E-state index contributed by atoms with van der Waals surface area (Å²) in [6.45, 7) is 3.78. The molecule has 0 saturated heterocycles. The molecule has 1 aliphatic rings. The number of amides is 1. The Kier molecular flexibility index (Phi) is 4.39. The molecule has 0 aromatic heterocycles. The number of nitrogens with one attached hydrogen (secondary N) is 1. The third kappa shape index (κ3) is 3.45. The van der Waals surface area contributed by atoms with Gasteiger partial charge in [0.1, 0.15) is 5.75 Å². The van der Waals surface area contributed by atoms with E-state index in [2.05, 4.69) is 24.2 Å². The molecule has 0 bridgehead atoms. The first-order valence-corrected chi connectivity index (χ1v) is 6.56. The number of nitrogens with two attached hydrogens (primary N) is 1. The molecule has 5 nitrogen and oxygen atoms in total. The van der Waals surface area contributed by atoms with Gasteiger partial charge in [0.25, 0.3) is 5.91 Å². The van der Waals surface area contributed by atoms with Crippen LogP contribution in [0.25, 0.3) is 0 Å². The van der Waals surface area contributed by atoms with E-state index in [1.165, 1.54) is 0 Å². The first-order valence-electron chi connectivity index (χ1n) is 6.56. The van der Waals surface area contributed by atoms with E-state index in [0.29, 0.717) is 12.6 Å². The molecule has 3 N–H and O–H groups in total. The Labute approximate surface area is 113 Å². The van der Waals surface area contributed by atoms with Gasteiger partial charge in [-0.25, -0.2) is 0 Å². The van der Waals surface area contributed by atoms with Gasteiger partial charge < -0.3 is 15.8 Å². The van der Waals surface area contributed by atoms with Crippen LogP contribution in [0.1, 0.15) is 18.9 Å². The molecule has 0 fully saturated rings. The van der Waals surface area contributed by atoms with Crippen molar-refractivity contribution < 1.29 is 9.53 Å². The van der Waals surface area contributed by atoms with Gasteiger partial charge in [-0.15, -0.1) is 0 Å². The van der Waals surface area contributed by atoms with Crippen LogP contribution in [0.4, 0.5) is 5.69 Å². The van der Waals surface area contributed by atoms with Gasteiger partial charge in [0.15, 0.2) is 6.61 Å². The predicted octanol–water partition coefficient (Wildman–Crippen LogP) is 1.19. The molecule has 0 aliphatic carbocycles. The fourth-order valence-corrected chi connectivity index (χ4v) is 2.13. The van der Waals surface area contributed by atoms with Crippen molar-refractivity contribution in [1.82, 2.24) is 4.90 Å². The van der Waals surface area contributed by atoms with Gasteiger partial charge in [-0.3, -0.25) is 9.69 Å². The predicted molar refractivity (Wildman–Crippen MR) is 75.2 cm³/mol. The lowest BCUT2D eigenvalue weighted by atomic mass is 10.1. The van der Waals surface area contributed by atoms with Crippen molar-refractivity contribution in [2.24, 2.45) is 5.73 Å². The second-order valence-electron chi connectivity index (χ2n) is 5.01. The molecule has 5 heteroatoms. The summed E-state index contributed by atoms with van der Waals surface area (Å²) in [5.41, 5.74) is 7.48. The number of hydrogen-bond donors (Lipinski definition) is 2. The minimum absolute atomic E-state index is 0.0970. The van der Waals surface area contributed by atoms with E-state index in [1.54, 1.807) is 0 Å². The molecule has 1 unspecified atom stereocenters. The van der Waals surface area contributed by atoms with E-state index in [4.69, 9.17) is 10.5 Å². The molecule has 1 aromatic carbocycles. The van der Waals surface area contributed by atoms with E-state index in [0.717, 1.165) is 30.0 Å². The van der Waals surface area contributed by atoms with Crippen molar-refractivity contribution in [3.05, 3.63) is 23.8 Å². The molecular weight excluding hydrogens is 242 g/mol. The van der Waals surface area contributed by atoms with Crippen molar-refractivity contribution in [3.8, 4) is 5.75 Å². The Morgan fingerprint density at radius 2 is 2.32 bits per heavy atom. The highest BCUT2D eigenvalue weighted by atomic mass is 16.5. The number of carbonyl (C=O) groups is 1. The maximum absolute atomic E-state index is 11.3. The molecule has 1 aromatic rings. The van der Waals surface area contributed by atoms with Crippen molar-refractivity contribution in [1.29, 1.82) is 0 Å². The first-order chi connectivity index (χ1) is 9.10. The smallest absolute Gasteiger partial charge is 0.262 e. The minimum Gasteiger partial charge on any atom is -0.482 e. The normalized spacial score (nSPS) is 15.7. The number of hydrogen-bond acceptors (Lipinski definition) is 4. The van der Waals surface area contributed by atoms with E-state index >= 15 is 0 Å². The Bertz CT molecular complexity index is 462. The van der Waals surface area contributed by atoms with Crippen molar-refractivity contribution in [3.63, 3.8) is 0 Å². The van der Waals surface area contributed by atoms with Crippen LogP contribution in [0.5, 0.6) is 5.75 Å². The second-order valence-corrected chi connectivity index (χ2v) is 5.01. The standard InChI is InChI=1S/C14H21N3O2/c1-10(5-6-15)17(2)8-11-3-4-13-12(7-11)16-14(18)9-19-13/h3-4,7,10H,5-6,8-9,15H2,1-2H3,(H,16,18). The van der Waals surface area contributed by atoms with Gasteiger partial charge >= 0.3 is 0 Å². The van der Waals surface area contributed by atoms with Crippen LogP contribution in [-0.4, -0.2) is 37.0 Å². The van der Waals surface area contributed by atoms with Gasteiger partial charge in [-0.05, 0) is 44.6 Å². The van der Waals surface area contributed by atoms with Crippen LogP contribution in [0.3, 0.4) is 0 Å². The Morgan fingerprint density at radius 1 is 1.53 bits per heavy atom. The molecule has 2 rings (SSSR count). The zero-order valence-corrected chi connectivity index (χ0v) is 11.5. The highest BCUT2D eigenvalue weighted by Crippen LogP contribution is 2.28. The topological polar surface area (TPSA) is 67.6 Å². The lowest BCUT2D eigenvalue weighted by molar-refractivity contribution is -0.118. The second kappa shape index (κ2) is 6.04. The quantitative estimate of drug-likeness (QED) is 0.837. The average molecular weight is 263 g/mol. The number of anilines is 1. The highest BCUT2D eigenvalue weighted by molar-refractivity contribution is 5.95. The lowest BCUT2D eigenvalue weighted by Gasteiger charge is -2.25. The van der Waals surface area contributed by atoms with Gasteiger partial charge in [0, 0.05) is 12.6 Å². The summed E-state index contributed by atoms with van der Waals surface area (Å²) in [6.07, 6.45) is 0.973. The third-order valence-electron chi connectivity index (χ3n) is 3.45. The molecule has 1 heterocycles. The number of rotatable bonds is 5. The third-order valence-corrected chi connectivity index (χ3v) is 3.45. The van der Waals surface area contributed by atoms with E-state index in [9.17, 15) is 4.79 Å². The summed E-state index contributed by atoms with van der Waals surface area (Å²) in [7, 11) is 2.08. The zero-order valence-electron chi connectivity index (χ0n) is 11.5. The summed E-state index contributed by atoms with van der Waals surface area (Å²) in [6, 6.07) is 6.35. The SMILES string of the molecule is CC(CCN)N(C)Cc1ccc2c(c1)NC(=O)CO2. The van der Waals surface area contributed by atoms with Gasteiger partial charge in [0.2, 0.25) is 0 Å². The van der Waals surface area contributed by atoms with Crippen molar-refractivity contribution in [2.75, 3.05) is 25.5 Å². The molecule has 1 amide bonds. The Balaban J connectivity index is 2.05. The molecule has 1 atom stereocenters. The van der Waals surface area contributed by atoms with Crippen LogP contribution in [0.2, 0.25) is 0 Å². The number of benzene rings is 1. The number of ether oxygens (including phenoxy) is 1. The summed E-state index contributed by atoms with van der Waals surface area (Å²) in [5, 5.41) is 2.83. The average Bonchev–Trinajstić information content (AvgIpc) is 2.38. The molecule has 19 heavy (non-hydrogen) atoms. The minimum atomic E-state index is -0.102. The Morgan fingerprint density at radius 3 is 3.05 bits per heavy atom. The number of carbonyl (C=O) groups excluding carboxylic acids is 1. The van der Waals surface area contributed by atoms with Crippen LogP contribution in [-0.2, 0) is 11.3 Å². The summed E-state index contributed by atoms with van der Waals surface area (Å²) in [5.74, 6) is 0.635. The first kappa shape index (κ1) is 13.8. The van der Waals surface area contributed by atoms with E-state index in [1.807, 2.05) is 18.2 Å². The fourth-order valence-electron chi connectivity index (χ4n) is 2.13. The summed E-state index contributed by atoms with van der Waals surface area (Å²) < 4.78 is 5.34. The summed E-state index contributed by atoms with van der Waals surface area (Å²) >= 11 is 0. The van der Waals surface area contributed by atoms with Gasteiger partial charge in [-0.2, -0.15) is 0 Å². The largest absolute Gasteiger partial charge is 0.482 e. The molecule has 104 valence electrons. The molecule has 0 saturated carbocycles. The van der Waals surface area contributed by atoms with Gasteiger partial charge in [-0.1, -0.05) is 6.07 Å². The van der Waals surface area contributed by atoms with E-state index in [-0.39, 0.29) is 12.5 Å². The Hall–Kier alpha value is -1.59. The molecule has 0 spiro atoms. The van der Waals surface area contributed by atoms with Crippen LogP contribution in [0, 0.1) is 0 Å². The maximum Gasteiger partial charge on any atom is 0.262 e. The lowest BCUT2D eigenvalue weighted by Crippen LogP contribution is -2.30. The monoisotopic (exact) mass is 263 g/mol. The van der Waals surface area contributed by atoms with Crippen LogP contribution < -0.4 is 15.8 Å². The maximum atomic E-state index is 11.3.